The molecule has 100 valence electrons. The molecule has 0 aliphatic rings. The molecule has 0 saturated heterocycles. The zero-order chi connectivity index (χ0) is 13.5. The fourth-order valence-corrected chi connectivity index (χ4v) is 1.46. The number of rotatable bonds is 6. The van der Waals surface area contributed by atoms with Crippen LogP contribution in [0.25, 0.3) is 0 Å². The Balaban J connectivity index is 2.89. The summed E-state index contributed by atoms with van der Waals surface area (Å²) in [6.45, 7) is 5.31. The lowest BCUT2D eigenvalue weighted by Gasteiger charge is -2.02. The number of esters is 2. The fourth-order valence-electron chi connectivity index (χ4n) is 1.46. The van der Waals surface area contributed by atoms with Crippen molar-refractivity contribution < 1.29 is 19.1 Å². The predicted molar refractivity (Wildman–Crippen MR) is 64.0 cm³/mol. The maximum atomic E-state index is 11.7. The van der Waals surface area contributed by atoms with Gasteiger partial charge >= 0.3 is 11.9 Å². The maximum Gasteiger partial charge on any atom is 0.356 e. The Hall–Kier alpha value is -1.85. The van der Waals surface area contributed by atoms with Gasteiger partial charge in [-0.15, -0.1) is 0 Å². The van der Waals surface area contributed by atoms with Gasteiger partial charge < -0.3 is 14.5 Å². The SMILES string of the molecule is CCCc1nc(COC(C)=O)c(C(=O)OCC)[nH]1. The second kappa shape index (κ2) is 6.78. The molecular weight excluding hydrogens is 236 g/mol. The van der Waals surface area contributed by atoms with Crippen molar-refractivity contribution >= 4 is 11.9 Å². The third kappa shape index (κ3) is 3.87. The molecule has 0 bridgehead atoms. The first-order valence-electron chi connectivity index (χ1n) is 5.96. The van der Waals surface area contributed by atoms with Crippen LogP contribution in [0.15, 0.2) is 0 Å². The van der Waals surface area contributed by atoms with Crippen LogP contribution < -0.4 is 0 Å². The first-order valence-corrected chi connectivity index (χ1v) is 5.96. The summed E-state index contributed by atoms with van der Waals surface area (Å²) in [5.41, 5.74) is 0.675. The van der Waals surface area contributed by atoms with Crippen molar-refractivity contribution in [1.82, 2.24) is 9.97 Å². The minimum absolute atomic E-state index is 0.0241. The van der Waals surface area contributed by atoms with Gasteiger partial charge in [0.05, 0.1) is 6.61 Å². The predicted octanol–water partition coefficient (Wildman–Crippen LogP) is 1.60. The largest absolute Gasteiger partial charge is 0.461 e. The summed E-state index contributed by atoms with van der Waals surface area (Å²) in [5.74, 6) is -0.193. The van der Waals surface area contributed by atoms with E-state index >= 15 is 0 Å². The zero-order valence-electron chi connectivity index (χ0n) is 10.9. The Morgan fingerprint density at radius 2 is 2.00 bits per heavy atom. The quantitative estimate of drug-likeness (QED) is 0.780. The van der Waals surface area contributed by atoms with Crippen LogP contribution in [0.2, 0.25) is 0 Å². The van der Waals surface area contributed by atoms with Crippen LogP contribution in [0.5, 0.6) is 0 Å². The molecule has 18 heavy (non-hydrogen) atoms. The number of aromatic nitrogens is 2. The number of hydrogen-bond acceptors (Lipinski definition) is 5. The Morgan fingerprint density at radius 1 is 1.28 bits per heavy atom. The van der Waals surface area contributed by atoms with E-state index in [0.29, 0.717) is 11.5 Å². The molecule has 1 heterocycles. The van der Waals surface area contributed by atoms with Gasteiger partial charge in [-0.1, -0.05) is 6.92 Å². The van der Waals surface area contributed by atoms with E-state index in [0.717, 1.165) is 12.8 Å². The summed E-state index contributed by atoms with van der Waals surface area (Å²) in [5, 5.41) is 0. The summed E-state index contributed by atoms with van der Waals surface area (Å²) in [6, 6.07) is 0. The van der Waals surface area contributed by atoms with Gasteiger partial charge in [-0.05, 0) is 13.3 Å². The van der Waals surface area contributed by atoms with E-state index in [4.69, 9.17) is 9.47 Å². The van der Waals surface area contributed by atoms with Crippen molar-refractivity contribution in [3.63, 3.8) is 0 Å². The molecule has 0 aromatic carbocycles. The molecule has 6 nitrogen and oxygen atoms in total. The molecule has 0 aliphatic carbocycles. The van der Waals surface area contributed by atoms with E-state index in [9.17, 15) is 9.59 Å². The average Bonchev–Trinajstić information content (AvgIpc) is 2.70. The van der Waals surface area contributed by atoms with Crippen molar-refractivity contribution in [3.8, 4) is 0 Å². The molecule has 0 amide bonds. The highest BCUT2D eigenvalue weighted by atomic mass is 16.5. The van der Waals surface area contributed by atoms with Crippen LogP contribution in [0, 0.1) is 0 Å². The number of aryl methyl sites for hydroxylation is 1. The van der Waals surface area contributed by atoms with E-state index in [1.54, 1.807) is 6.92 Å². The van der Waals surface area contributed by atoms with Crippen molar-refractivity contribution in [2.45, 2.75) is 40.2 Å². The molecule has 0 atom stereocenters. The molecule has 1 aromatic heterocycles. The van der Waals surface area contributed by atoms with E-state index in [1.165, 1.54) is 6.92 Å². The van der Waals surface area contributed by atoms with E-state index in [1.807, 2.05) is 6.92 Å². The standard InChI is InChI=1S/C12H18N2O4/c1-4-6-10-13-9(7-18-8(3)15)11(14-10)12(16)17-5-2/h4-7H2,1-3H3,(H,13,14). The van der Waals surface area contributed by atoms with E-state index in [-0.39, 0.29) is 18.9 Å². The average molecular weight is 254 g/mol. The number of imidazole rings is 1. The lowest BCUT2D eigenvalue weighted by atomic mass is 10.3. The molecule has 0 spiro atoms. The van der Waals surface area contributed by atoms with Gasteiger partial charge in [-0.2, -0.15) is 0 Å². The molecule has 1 rings (SSSR count). The van der Waals surface area contributed by atoms with E-state index < -0.39 is 11.9 Å². The van der Waals surface area contributed by atoms with Gasteiger partial charge in [0.15, 0.2) is 5.69 Å². The van der Waals surface area contributed by atoms with Gasteiger partial charge in [-0.25, -0.2) is 9.78 Å². The Kier molecular flexibility index (Phi) is 5.35. The Labute approximate surface area is 106 Å². The molecule has 1 aromatic rings. The fraction of sp³-hybridized carbons (Fsp3) is 0.583. The van der Waals surface area contributed by atoms with Crippen molar-refractivity contribution in [3.05, 3.63) is 17.2 Å². The lowest BCUT2D eigenvalue weighted by Crippen LogP contribution is -2.10. The normalized spacial score (nSPS) is 10.2. The van der Waals surface area contributed by atoms with E-state index in [2.05, 4.69) is 9.97 Å². The maximum absolute atomic E-state index is 11.7. The van der Waals surface area contributed by atoms with Gasteiger partial charge in [-0.3, -0.25) is 4.79 Å². The number of aromatic amines is 1. The highest BCUT2D eigenvalue weighted by Crippen LogP contribution is 2.11. The number of ether oxygens (including phenoxy) is 2. The molecule has 0 unspecified atom stereocenters. The molecule has 1 N–H and O–H groups in total. The van der Waals surface area contributed by atoms with Crippen LogP contribution in [-0.2, 0) is 27.3 Å². The topological polar surface area (TPSA) is 81.3 Å². The van der Waals surface area contributed by atoms with Crippen LogP contribution in [0.4, 0.5) is 0 Å². The first-order chi connectivity index (χ1) is 8.58. The number of nitrogens with one attached hydrogen (secondary N) is 1. The molecule has 0 radical (unpaired) electrons. The summed E-state index contributed by atoms with van der Waals surface area (Å²) >= 11 is 0. The van der Waals surface area contributed by atoms with Gasteiger partial charge in [0.2, 0.25) is 0 Å². The molecule has 6 heteroatoms. The highest BCUT2D eigenvalue weighted by molar-refractivity contribution is 5.88. The summed E-state index contributed by atoms with van der Waals surface area (Å²) in [4.78, 5) is 29.6. The second-order valence-electron chi connectivity index (χ2n) is 3.76. The molecule has 0 fully saturated rings. The van der Waals surface area contributed by atoms with Crippen molar-refractivity contribution in [2.24, 2.45) is 0 Å². The van der Waals surface area contributed by atoms with Crippen LogP contribution >= 0.6 is 0 Å². The van der Waals surface area contributed by atoms with Gasteiger partial charge in [0, 0.05) is 13.3 Å². The zero-order valence-corrected chi connectivity index (χ0v) is 10.9. The minimum atomic E-state index is -0.477. The summed E-state index contributed by atoms with van der Waals surface area (Å²) in [6.07, 6.45) is 1.63. The number of nitrogens with zero attached hydrogens (tertiary/aromatic N) is 1. The Morgan fingerprint density at radius 3 is 2.56 bits per heavy atom. The van der Waals surface area contributed by atoms with Crippen molar-refractivity contribution in [2.75, 3.05) is 6.61 Å². The van der Waals surface area contributed by atoms with Crippen molar-refractivity contribution in [1.29, 1.82) is 0 Å². The van der Waals surface area contributed by atoms with Crippen LogP contribution in [-0.4, -0.2) is 28.5 Å². The molecule has 0 aliphatic heterocycles. The van der Waals surface area contributed by atoms with Crippen LogP contribution in [0.3, 0.4) is 0 Å². The molecule has 0 saturated carbocycles. The third-order valence-corrected chi connectivity index (χ3v) is 2.21. The van der Waals surface area contributed by atoms with Gasteiger partial charge in [0.1, 0.15) is 18.1 Å². The number of carbonyl (C=O) groups is 2. The number of carbonyl (C=O) groups excluding carboxylic acids is 2. The lowest BCUT2D eigenvalue weighted by molar-refractivity contribution is -0.142. The summed E-state index contributed by atoms with van der Waals surface area (Å²) < 4.78 is 9.78. The minimum Gasteiger partial charge on any atom is -0.461 e. The smallest absolute Gasteiger partial charge is 0.356 e. The Bertz CT molecular complexity index is 426. The number of H-pyrrole nitrogens is 1. The number of hydrogen-bond donors (Lipinski definition) is 1. The first kappa shape index (κ1) is 14.2. The monoisotopic (exact) mass is 254 g/mol. The van der Waals surface area contributed by atoms with Crippen LogP contribution in [0.1, 0.15) is 49.2 Å². The van der Waals surface area contributed by atoms with Gasteiger partial charge in [0.25, 0.3) is 0 Å². The molecular formula is C12H18N2O4. The second-order valence-corrected chi connectivity index (χ2v) is 3.76. The summed E-state index contributed by atoms with van der Waals surface area (Å²) in [7, 11) is 0. The highest BCUT2D eigenvalue weighted by Gasteiger charge is 2.18. The third-order valence-electron chi connectivity index (χ3n) is 2.21.